The van der Waals surface area contributed by atoms with Crippen LogP contribution in [0.2, 0.25) is 0 Å². The van der Waals surface area contributed by atoms with Gasteiger partial charge in [-0.2, -0.15) is 4.80 Å². The molecular weight excluding hydrogens is 290 g/mol. The summed E-state index contributed by atoms with van der Waals surface area (Å²) in [5.74, 6) is 1.62. The number of nitrogens with zero attached hydrogens (tertiary/aromatic N) is 4. The van der Waals surface area contributed by atoms with Gasteiger partial charge in [-0.05, 0) is 68.4 Å². The van der Waals surface area contributed by atoms with E-state index in [4.69, 9.17) is 0 Å². The first-order valence-electron chi connectivity index (χ1n) is 9.22. The molecule has 1 amide bonds. The number of rotatable bonds is 3. The van der Waals surface area contributed by atoms with Gasteiger partial charge in [0.25, 0.3) is 0 Å². The minimum Gasteiger partial charge on any atom is -0.353 e. The Bertz CT molecular complexity index is 593. The van der Waals surface area contributed by atoms with Crippen LogP contribution in [0.3, 0.4) is 0 Å². The number of carbonyl (C=O) groups is 1. The van der Waals surface area contributed by atoms with Crippen molar-refractivity contribution in [2.24, 2.45) is 17.3 Å². The van der Waals surface area contributed by atoms with Crippen molar-refractivity contribution >= 4 is 5.91 Å². The molecule has 5 fully saturated rings. The Morgan fingerprint density at radius 3 is 2.52 bits per heavy atom. The first kappa shape index (κ1) is 13.9. The first-order valence-corrected chi connectivity index (χ1v) is 9.22. The average molecular weight is 315 g/mol. The van der Waals surface area contributed by atoms with Crippen LogP contribution in [0.15, 0.2) is 6.33 Å². The number of carbonyl (C=O) groups excluding carboxylic acids is 1. The molecule has 1 aromatic rings. The van der Waals surface area contributed by atoms with Crippen LogP contribution in [0.5, 0.6) is 0 Å². The van der Waals surface area contributed by atoms with E-state index in [1.807, 2.05) is 4.80 Å². The Kier molecular flexibility index (Phi) is 2.89. The molecule has 0 aliphatic heterocycles. The third-order valence-electron chi connectivity index (χ3n) is 6.98. The van der Waals surface area contributed by atoms with E-state index < -0.39 is 0 Å². The molecule has 2 atom stereocenters. The Balaban J connectivity index is 1.45. The molecule has 124 valence electrons. The third kappa shape index (κ3) is 2.06. The highest BCUT2D eigenvalue weighted by Crippen LogP contribution is 2.64. The standard InChI is InChI=1S/C17H25N5O/c23-15(20-14-3-1-2-4-14)16-6-12-5-13(7-16)9-17(8-12,10-16)22-19-11-18-21-22/h11-14H,1-10H2,(H,20,23)/t12-,13-,16?,17?/m0/s1. The van der Waals surface area contributed by atoms with Gasteiger partial charge >= 0.3 is 0 Å². The lowest BCUT2D eigenvalue weighted by Crippen LogP contribution is -2.62. The molecule has 0 spiro atoms. The summed E-state index contributed by atoms with van der Waals surface area (Å²) in [5, 5.41) is 15.9. The highest BCUT2D eigenvalue weighted by molar-refractivity contribution is 5.83. The maximum atomic E-state index is 13.2. The van der Waals surface area contributed by atoms with Gasteiger partial charge in [-0.1, -0.05) is 12.8 Å². The predicted octanol–water partition coefficient (Wildman–Crippen LogP) is 2.03. The van der Waals surface area contributed by atoms with Crippen molar-refractivity contribution in [1.29, 1.82) is 0 Å². The minimum absolute atomic E-state index is 0.0619. The van der Waals surface area contributed by atoms with Gasteiger partial charge in [0.05, 0.1) is 11.0 Å². The van der Waals surface area contributed by atoms with E-state index in [1.165, 1.54) is 25.6 Å². The van der Waals surface area contributed by atoms with Crippen molar-refractivity contribution < 1.29 is 4.79 Å². The quantitative estimate of drug-likeness (QED) is 0.926. The topological polar surface area (TPSA) is 72.7 Å². The number of aromatic nitrogens is 4. The maximum Gasteiger partial charge on any atom is 0.226 e. The summed E-state index contributed by atoms with van der Waals surface area (Å²) >= 11 is 0. The maximum absolute atomic E-state index is 13.2. The fourth-order valence-corrected chi connectivity index (χ4v) is 6.51. The summed E-state index contributed by atoms with van der Waals surface area (Å²) < 4.78 is 0. The molecule has 23 heavy (non-hydrogen) atoms. The molecule has 0 saturated heterocycles. The monoisotopic (exact) mass is 315 g/mol. The molecule has 6 heteroatoms. The molecular formula is C17H25N5O. The van der Waals surface area contributed by atoms with Crippen LogP contribution in [-0.2, 0) is 10.3 Å². The number of nitrogens with one attached hydrogen (secondary N) is 1. The van der Waals surface area contributed by atoms with Gasteiger partial charge in [0.2, 0.25) is 5.91 Å². The SMILES string of the molecule is O=C(NC1CCCC1)C12C[C@@H]3C[C@@H](C1)CC(n1ncnn1)(C3)C2. The number of hydrogen-bond donors (Lipinski definition) is 1. The van der Waals surface area contributed by atoms with Crippen molar-refractivity contribution in [1.82, 2.24) is 25.5 Å². The molecule has 0 unspecified atom stereocenters. The largest absolute Gasteiger partial charge is 0.353 e. The fraction of sp³-hybridized carbons (Fsp3) is 0.882. The highest BCUT2D eigenvalue weighted by Gasteiger charge is 2.62. The van der Waals surface area contributed by atoms with Gasteiger partial charge in [-0.25, -0.2) is 0 Å². The predicted molar refractivity (Wildman–Crippen MR) is 83.3 cm³/mol. The molecule has 4 bridgehead atoms. The second-order valence-electron chi connectivity index (χ2n) is 8.65. The second kappa shape index (κ2) is 4.77. The van der Waals surface area contributed by atoms with Crippen LogP contribution in [0.1, 0.15) is 64.2 Å². The normalized spacial score (nSPS) is 42.3. The zero-order chi connectivity index (χ0) is 15.5. The second-order valence-corrected chi connectivity index (χ2v) is 8.65. The van der Waals surface area contributed by atoms with E-state index in [-0.39, 0.29) is 11.0 Å². The summed E-state index contributed by atoms with van der Waals surface area (Å²) in [5.41, 5.74) is -0.242. The van der Waals surface area contributed by atoms with E-state index in [2.05, 4.69) is 20.7 Å². The van der Waals surface area contributed by atoms with Gasteiger partial charge in [-0.3, -0.25) is 4.79 Å². The Morgan fingerprint density at radius 1 is 1.13 bits per heavy atom. The molecule has 0 radical (unpaired) electrons. The minimum atomic E-state index is -0.180. The van der Waals surface area contributed by atoms with Gasteiger partial charge in [0.15, 0.2) is 6.33 Å². The molecule has 1 aromatic heterocycles. The number of hydrogen-bond acceptors (Lipinski definition) is 4. The number of amides is 1. The average Bonchev–Trinajstić information content (AvgIpc) is 3.19. The van der Waals surface area contributed by atoms with Crippen LogP contribution in [0.4, 0.5) is 0 Å². The lowest BCUT2D eigenvalue weighted by molar-refractivity contribution is -0.158. The van der Waals surface area contributed by atoms with Crippen LogP contribution in [-0.4, -0.2) is 32.2 Å². The molecule has 6 nitrogen and oxygen atoms in total. The summed E-state index contributed by atoms with van der Waals surface area (Å²) in [4.78, 5) is 15.0. The third-order valence-corrected chi connectivity index (χ3v) is 6.98. The molecule has 0 aromatic carbocycles. The Labute approximate surface area is 136 Å². The van der Waals surface area contributed by atoms with Crippen LogP contribution < -0.4 is 5.32 Å². The van der Waals surface area contributed by atoms with E-state index in [1.54, 1.807) is 0 Å². The molecule has 5 aliphatic carbocycles. The summed E-state index contributed by atoms with van der Waals surface area (Å²) in [6.07, 6.45) is 12.9. The van der Waals surface area contributed by atoms with Crippen LogP contribution in [0, 0.1) is 17.3 Å². The number of tetrazole rings is 1. The van der Waals surface area contributed by atoms with Gasteiger partial charge in [0, 0.05) is 6.04 Å². The molecule has 1 N–H and O–H groups in total. The van der Waals surface area contributed by atoms with Gasteiger partial charge < -0.3 is 5.32 Å². The van der Waals surface area contributed by atoms with Crippen molar-refractivity contribution in [2.45, 2.75) is 75.8 Å². The molecule has 5 saturated carbocycles. The van der Waals surface area contributed by atoms with Crippen molar-refractivity contribution in [2.75, 3.05) is 0 Å². The van der Waals surface area contributed by atoms with E-state index in [0.29, 0.717) is 23.8 Å². The molecule has 1 heterocycles. The van der Waals surface area contributed by atoms with E-state index >= 15 is 0 Å². The summed E-state index contributed by atoms with van der Waals surface area (Å²) in [7, 11) is 0. The van der Waals surface area contributed by atoms with Crippen molar-refractivity contribution in [3.05, 3.63) is 6.33 Å². The Morgan fingerprint density at radius 2 is 1.87 bits per heavy atom. The summed E-state index contributed by atoms with van der Waals surface area (Å²) in [6, 6.07) is 0.413. The van der Waals surface area contributed by atoms with Crippen molar-refractivity contribution in [3.63, 3.8) is 0 Å². The zero-order valence-electron chi connectivity index (χ0n) is 13.6. The smallest absolute Gasteiger partial charge is 0.226 e. The molecule has 6 rings (SSSR count). The lowest BCUT2D eigenvalue weighted by Gasteiger charge is -2.60. The summed E-state index contributed by atoms with van der Waals surface area (Å²) in [6.45, 7) is 0. The van der Waals surface area contributed by atoms with Gasteiger partial charge in [0.1, 0.15) is 0 Å². The highest BCUT2D eigenvalue weighted by atomic mass is 16.2. The van der Waals surface area contributed by atoms with Crippen LogP contribution >= 0.6 is 0 Å². The zero-order valence-corrected chi connectivity index (χ0v) is 13.6. The fourth-order valence-electron chi connectivity index (χ4n) is 6.51. The van der Waals surface area contributed by atoms with E-state index in [0.717, 1.165) is 44.9 Å². The van der Waals surface area contributed by atoms with Crippen LogP contribution in [0.25, 0.3) is 0 Å². The molecule has 5 aliphatic rings. The lowest BCUT2D eigenvalue weighted by atomic mass is 9.46. The van der Waals surface area contributed by atoms with E-state index in [9.17, 15) is 4.79 Å². The Hall–Kier alpha value is -1.46. The van der Waals surface area contributed by atoms with Gasteiger partial charge in [-0.15, -0.1) is 10.2 Å². The first-order chi connectivity index (χ1) is 11.2. The van der Waals surface area contributed by atoms with Crippen molar-refractivity contribution in [3.8, 4) is 0 Å².